The van der Waals surface area contributed by atoms with Crippen molar-refractivity contribution in [2.24, 2.45) is 0 Å². The molecule has 0 atom stereocenters. The summed E-state index contributed by atoms with van der Waals surface area (Å²) < 4.78 is 27.5. The Morgan fingerprint density at radius 2 is 1.91 bits per heavy atom. The Balaban J connectivity index is 2.16. The lowest BCUT2D eigenvalue weighted by atomic mass is 10.0. The van der Waals surface area contributed by atoms with Gasteiger partial charge in [-0.2, -0.15) is 5.10 Å². The molecule has 0 radical (unpaired) electrons. The summed E-state index contributed by atoms with van der Waals surface area (Å²) in [6.45, 7) is 1.91. The normalized spacial score (nSPS) is 11.7. The summed E-state index contributed by atoms with van der Waals surface area (Å²) in [4.78, 5) is 4.39. The molecule has 22 heavy (non-hydrogen) atoms. The van der Waals surface area contributed by atoms with Crippen LogP contribution in [0, 0.1) is 6.92 Å². The molecule has 6 nitrogen and oxygen atoms in total. The number of aromatic nitrogens is 3. The van der Waals surface area contributed by atoms with Crippen LogP contribution in [0.3, 0.4) is 0 Å². The lowest BCUT2D eigenvalue weighted by Gasteiger charge is -2.14. The van der Waals surface area contributed by atoms with Crippen molar-refractivity contribution in [1.82, 2.24) is 14.6 Å². The van der Waals surface area contributed by atoms with E-state index in [1.807, 2.05) is 37.3 Å². The second kappa shape index (κ2) is 5.42. The van der Waals surface area contributed by atoms with E-state index >= 15 is 0 Å². The number of hydrogen-bond donors (Lipinski definition) is 1. The number of rotatable bonds is 4. The minimum atomic E-state index is -3.40. The second-order valence-corrected chi connectivity index (χ2v) is 6.91. The SMILES string of the molecule is Cc1c(Cc2ccccc2)c(NS(C)(=O)=O)nc2ccnn12. The van der Waals surface area contributed by atoms with E-state index in [1.54, 1.807) is 16.8 Å². The minimum absolute atomic E-state index is 0.358. The van der Waals surface area contributed by atoms with Gasteiger partial charge in [-0.25, -0.2) is 17.9 Å². The lowest BCUT2D eigenvalue weighted by molar-refractivity contribution is 0.606. The fourth-order valence-electron chi connectivity index (χ4n) is 2.39. The Morgan fingerprint density at radius 3 is 2.59 bits per heavy atom. The van der Waals surface area contributed by atoms with Crippen LogP contribution in [-0.2, 0) is 16.4 Å². The number of sulfonamides is 1. The van der Waals surface area contributed by atoms with Crippen LogP contribution in [0.15, 0.2) is 42.6 Å². The number of fused-ring (bicyclic) bond motifs is 1. The molecule has 0 amide bonds. The van der Waals surface area contributed by atoms with Crippen molar-refractivity contribution in [3.63, 3.8) is 0 Å². The van der Waals surface area contributed by atoms with E-state index in [1.165, 1.54) is 0 Å². The molecule has 0 spiro atoms. The quantitative estimate of drug-likeness (QED) is 0.799. The molecule has 0 aliphatic heterocycles. The molecular formula is C15H16N4O2S. The topological polar surface area (TPSA) is 76.4 Å². The highest BCUT2D eigenvalue weighted by molar-refractivity contribution is 7.92. The Kier molecular flexibility index (Phi) is 3.58. The van der Waals surface area contributed by atoms with Crippen LogP contribution >= 0.6 is 0 Å². The molecule has 0 aliphatic carbocycles. The maximum atomic E-state index is 11.6. The zero-order chi connectivity index (χ0) is 15.7. The zero-order valence-electron chi connectivity index (χ0n) is 12.3. The van der Waals surface area contributed by atoms with E-state index in [9.17, 15) is 8.42 Å². The van der Waals surface area contributed by atoms with E-state index in [0.717, 1.165) is 23.1 Å². The molecule has 3 rings (SSSR count). The van der Waals surface area contributed by atoms with Crippen molar-refractivity contribution in [3.05, 3.63) is 59.4 Å². The fraction of sp³-hybridized carbons (Fsp3) is 0.200. The predicted molar refractivity (Wildman–Crippen MR) is 85.4 cm³/mol. The summed E-state index contributed by atoms with van der Waals surface area (Å²) in [7, 11) is -3.40. The molecule has 0 saturated carbocycles. The third-order valence-corrected chi connectivity index (χ3v) is 3.96. The molecule has 3 aromatic rings. The van der Waals surface area contributed by atoms with Crippen LogP contribution in [0.1, 0.15) is 16.8 Å². The average Bonchev–Trinajstić information content (AvgIpc) is 2.91. The van der Waals surface area contributed by atoms with Crippen molar-refractivity contribution >= 4 is 21.5 Å². The van der Waals surface area contributed by atoms with Crippen molar-refractivity contribution < 1.29 is 8.42 Å². The largest absolute Gasteiger partial charge is 0.267 e. The molecular weight excluding hydrogens is 300 g/mol. The van der Waals surface area contributed by atoms with E-state index in [2.05, 4.69) is 14.8 Å². The number of hydrogen-bond acceptors (Lipinski definition) is 4. The first-order valence-corrected chi connectivity index (χ1v) is 8.68. The summed E-state index contributed by atoms with van der Waals surface area (Å²) in [6.07, 6.45) is 3.34. The Labute approximate surface area is 128 Å². The van der Waals surface area contributed by atoms with Crippen LogP contribution in [0.4, 0.5) is 5.82 Å². The summed E-state index contributed by atoms with van der Waals surface area (Å²) in [5.74, 6) is 0.358. The first kappa shape index (κ1) is 14.5. The van der Waals surface area contributed by atoms with Gasteiger partial charge in [-0.3, -0.25) is 4.72 Å². The molecule has 1 N–H and O–H groups in total. The predicted octanol–water partition coefficient (Wildman–Crippen LogP) is 2.00. The average molecular weight is 316 g/mol. The minimum Gasteiger partial charge on any atom is -0.267 e. The standard InChI is InChI=1S/C15H16N4O2S/c1-11-13(10-12-6-4-3-5-7-12)15(18-22(2,20)21)17-14-8-9-16-19(11)14/h3-9H,10H2,1-2H3,(H,17,18). The van der Waals surface area contributed by atoms with Crippen molar-refractivity contribution in [3.8, 4) is 0 Å². The van der Waals surface area contributed by atoms with Gasteiger partial charge in [0, 0.05) is 23.7 Å². The van der Waals surface area contributed by atoms with E-state index in [-0.39, 0.29) is 0 Å². The summed E-state index contributed by atoms with van der Waals surface area (Å²) >= 11 is 0. The zero-order valence-corrected chi connectivity index (χ0v) is 13.1. The maximum absolute atomic E-state index is 11.6. The van der Waals surface area contributed by atoms with Crippen LogP contribution in [0.5, 0.6) is 0 Å². The third-order valence-electron chi connectivity index (χ3n) is 3.40. The number of nitrogens with zero attached hydrogens (tertiary/aromatic N) is 3. The van der Waals surface area contributed by atoms with Crippen LogP contribution in [0.2, 0.25) is 0 Å². The molecule has 2 heterocycles. The van der Waals surface area contributed by atoms with Crippen molar-refractivity contribution in [2.45, 2.75) is 13.3 Å². The highest BCUT2D eigenvalue weighted by atomic mass is 32.2. The van der Waals surface area contributed by atoms with Gasteiger partial charge in [-0.1, -0.05) is 30.3 Å². The number of benzene rings is 1. The fourth-order valence-corrected chi connectivity index (χ4v) is 2.91. The summed E-state index contributed by atoms with van der Waals surface area (Å²) in [5.41, 5.74) is 3.37. The van der Waals surface area contributed by atoms with Gasteiger partial charge in [0.1, 0.15) is 5.82 Å². The maximum Gasteiger partial charge on any atom is 0.230 e. The molecule has 0 fully saturated rings. The van der Waals surface area contributed by atoms with Crippen LogP contribution < -0.4 is 4.72 Å². The number of anilines is 1. The van der Waals surface area contributed by atoms with E-state index < -0.39 is 10.0 Å². The Morgan fingerprint density at radius 1 is 1.18 bits per heavy atom. The number of aryl methyl sites for hydroxylation is 1. The smallest absolute Gasteiger partial charge is 0.230 e. The lowest BCUT2D eigenvalue weighted by Crippen LogP contribution is -2.15. The summed E-state index contributed by atoms with van der Waals surface area (Å²) in [5, 5.41) is 4.24. The van der Waals surface area contributed by atoms with E-state index in [0.29, 0.717) is 17.9 Å². The highest BCUT2D eigenvalue weighted by Gasteiger charge is 2.16. The Hall–Kier alpha value is -2.41. The number of nitrogens with one attached hydrogen (secondary N) is 1. The van der Waals surface area contributed by atoms with Crippen molar-refractivity contribution in [1.29, 1.82) is 0 Å². The first-order valence-electron chi connectivity index (χ1n) is 6.79. The monoisotopic (exact) mass is 316 g/mol. The van der Waals surface area contributed by atoms with Gasteiger partial charge in [0.15, 0.2) is 5.65 Å². The van der Waals surface area contributed by atoms with Gasteiger partial charge in [-0.05, 0) is 12.5 Å². The molecule has 2 aromatic heterocycles. The van der Waals surface area contributed by atoms with Crippen LogP contribution in [-0.4, -0.2) is 29.3 Å². The molecule has 114 valence electrons. The molecule has 0 bridgehead atoms. The van der Waals surface area contributed by atoms with E-state index in [4.69, 9.17) is 0 Å². The van der Waals surface area contributed by atoms with Crippen LogP contribution in [0.25, 0.3) is 5.65 Å². The van der Waals surface area contributed by atoms with Crippen molar-refractivity contribution in [2.75, 3.05) is 11.0 Å². The van der Waals surface area contributed by atoms with Gasteiger partial charge < -0.3 is 0 Å². The van der Waals surface area contributed by atoms with Gasteiger partial charge >= 0.3 is 0 Å². The van der Waals surface area contributed by atoms with Gasteiger partial charge in [-0.15, -0.1) is 0 Å². The van der Waals surface area contributed by atoms with Gasteiger partial charge in [0.25, 0.3) is 0 Å². The first-order chi connectivity index (χ1) is 10.4. The molecule has 0 saturated heterocycles. The third kappa shape index (κ3) is 2.94. The molecule has 1 aromatic carbocycles. The van der Waals surface area contributed by atoms with Gasteiger partial charge in [0.2, 0.25) is 10.0 Å². The second-order valence-electron chi connectivity index (χ2n) is 5.16. The molecule has 7 heteroatoms. The Bertz CT molecular complexity index is 917. The molecule has 0 unspecified atom stereocenters. The van der Waals surface area contributed by atoms with Gasteiger partial charge in [0.05, 0.1) is 12.5 Å². The summed E-state index contributed by atoms with van der Waals surface area (Å²) in [6, 6.07) is 11.6. The highest BCUT2D eigenvalue weighted by Crippen LogP contribution is 2.23. The molecule has 0 aliphatic rings.